The second kappa shape index (κ2) is 7.49. The number of hydrogen-bond acceptors (Lipinski definition) is 5. The molecular formula is C24H21N5O3. The smallest absolute Gasteiger partial charge is 0.297 e. The molecular weight excluding hydrogens is 406 g/mol. The zero-order chi connectivity index (χ0) is 22.4. The predicted molar refractivity (Wildman–Crippen MR) is 122 cm³/mol. The highest BCUT2D eigenvalue weighted by molar-refractivity contribution is 6.01. The topological polar surface area (TPSA) is 95.0 Å². The number of carbonyl (C=O) groups is 1. The van der Waals surface area contributed by atoms with E-state index in [4.69, 9.17) is 4.42 Å². The molecule has 0 unspecified atom stereocenters. The molecule has 0 spiro atoms. The fourth-order valence-electron chi connectivity index (χ4n) is 3.82. The van der Waals surface area contributed by atoms with Gasteiger partial charge in [0.15, 0.2) is 0 Å². The number of fused-ring (bicyclic) bond motifs is 3. The van der Waals surface area contributed by atoms with Crippen LogP contribution in [0, 0.1) is 20.8 Å². The van der Waals surface area contributed by atoms with Gasteiger partial charge < -0.3 is 9.73 Å². The molecule has 3 heterocycles. The lowest BCUT2D eigenvalue weighted by Crippen LogP contribution is -2.27. The van der Waals surface area contributed by atoms with Gasteiger partial charge in [-0.1, -0.05) is 29.8 Å². The number of benzene rings is 2. The Morgan fingerprint density at radius 1 is 1.06 bits per heavy atom. The van der Waals surface area contributed by atoms with E-state index < -0.39 is 5.56 Å². The molecule has 32 heavy (non-hydrogen) atoms. The quantitative estimate of drug-likeness (QED) is 0.469. The number of anilines is 1. The van der Waals surface area contributed by atoms with Crippen molar-refractivity contribution < 1.29 is 9.21 Å². The Balaban J connectivity index is 1.42. The third-order valence-corrected chi connectivity index (χ3v) is 5.50. The Kier molecular flexibility index (Phi) is 4.62. The summed E-state index contributed by atoms with van der Waals surface area (Å²) in [5.74, 6) is -0.348. The minimum atomic E-state index is -0.398. The summed E-state index contributed by atoms with van der Waals surface area (Å²) in [6.07, 6.45) is 1.38. The number of aromatic nitrogens is 4. The van der Waals surface area contributed by atoms with Gasteiger partial charge in [-0.05, 0) is 45.0 Å². The number of carbonyl (C=O) groups excluding carboxylic acids is 1. The molecule has 5 rings (SSSR count). The number of aryl methyl sites for hydroxylation is 2. The molecule has 0 saturated carbocycles. The van der Waals surface area contributed by atoms with Gasteiger partial charge in [0, 0.05) is 5.39 Å². The predicted octanol–water partition coefficient (Wildman–Crippen LogP) is 3.89. The molecule has 0 radical (unpaired) electrons. The summed E-state index contributed by atoms with van der Waals surface area (Å²) in [6, 6.07) is 15.3. The molecule has 0 aliphatic heterocycles. The van der Waals surface area contributed by atoms with Gasteiger partial charge in [-0.25, -0.2) is 9.67 Å². The van der Waals surface area contributed by atoms with Crippen LogP contribution in [0.1, 0.15) is 17.0 Å². The van der Waals surface area contributed by atoms with Crippen molar-refractivity contribution in [2.75, 3.05) is 5.32 Å². The number of nitrogens with one attached hydrogen (secondary N) is 1. The monoisotopic (exact) mass is 427 g/mol. The van der Waals surface area contributed by atoms with E-state index in [-0.39, 0.29) is 18.0 Å². The zero-order valence-electron chi connectivity index (χ0n) is 17.9. The van der Waals surface area contributed by atoms with Crippen LogP contribution >= 0.6 is 0 Å². The third kappa shape index (κ3) is 3.26. The summed E-state index contributed by atoms with van der Waals surface area (Å²) in [5.41, 5.74) is 5.01. The first-order valence-corrected chi connectivity index (χ1v) is 10.2. The fourth-order valence-corrected chi connectivity index (χ4v) is 3.82. The Hall–Kier alpha value is -4.20. The van der Waals surface area contributed by atoms with Gasteiger partial charge in [0.05, 0.1) is 29.1 Å². The SMILES string of the molecule is Cc1ccc(-n2nc(C)c(NC(=O)Cn3cnc4c(oc5ccccc54)c3=O)c2C)cc1. The molecule has 0 aliphatic rings. The number of para-hydroxylation sites is 1. The zero-order valence-corrected chi connectivity index (χ0v) is 17.9. The average molecular weight is 427 g/mol. The van der Waals surface area contributed by atoms with Crippen LogP contribution in [0.3, 0.4) is 0 Å². The summed E-state index contributed by atoms with van der Waals surface area (Å²) in [4.78, 5) is 30.0. The third-order valence-electron chi connectivity index (χ3n) is 5.50. The fraction of sp³-hybridized carbons (Fsp3) is 0.167. The molecule has 0 bridgehead atoms. The molecule has 0 aliphatic carbocycles. The first-order chi connectivity index (χ1) is 15.4. The van der Waals surface area contributed by atoms with Gasteiger partial charge in [0.2, 0.25) is 11.5 Å². The van der Waals surface area contributed by atoms with Crippen LogP contribution in [0.15, 0.2) is 64.1 Å². The van der Waals surface area contributed by atoms with Gasteiger partial charge in [-0.2, -0.15) is 5.10 Å². The number of amides is 1. The van der Waals surface area contributed by atoms with E-state index in [1.165, 1.54) is 10.9 Å². The minimum absolute atomic E-state index is 0.140. The van der Waals surface area contributed by atoms with Crippen LogP contribution in [0.25, 0.3) is 27.8 Å². The van der Waals surface area contributed by atoms with Crippen molar-refractivity contribution >= 4 is 33.7 Å². The van der Waals surface area contributed by atoms with Crippen molar-refractivity contribution in [2.45, 2.75) is 27.3 Å². The summed E-state index contributed by atoms with van der Waals surface area (Å²) in [7, 11) is 0. The van der Waals surface area contributed by atoms with Gasteiger partial charge in [-0.15, -0.1) is 0 Å². The van der Waals surface area contributed by atoms with Crippen LogP contribution in [0.4, 0.5) is 5.69 Å². The van der Waals surface area contributed by atoms with Crippen molar-refractivity contribution in [3.63, 3.8) is 0 Å². The molecule has 0 fully saturated rings. The largest absolute Gasteiger partial charge is 0.448 e. The molecule has 8 nitrogen and oxygen atoms in total. The second-order valence-corrected chi connectivity index (χ2v) is 7.79. The maximum absolute atomic E-state index is 12.9. The van der Waals surface area contributed by atoms with Crippen molar-refractivity contribution in [3.05, 3.63) is 82.2 Å². The molecule has 3 aromatic heterocycles. The second-order valence-electron chi connectivity index (χ2n) is 7.79. The average Bonchev–Trinajstić information content (AvgIpc) is 3.29. The van der Waals surface area contributed by atoms with E-state index in [1.807, 2.05) is 63.2 Å². The Bertz CT molecular complexity index is 1540. The first-order valence-electron chi connectivity index (χ1n) is 10.2. The van der Waals surface area contributed by atoms with E-state index in [1.54, 1.807) is 10.7 Å². The molecule has 1 N–H and O–H groups in total. The molecule has 8 heteroatoms. The Morgan fingerprint density at radius 3 is 2.59 bits per heavy atom. The van der Waals surface area contributed by atoms with E-state index in [0.29, 0.717) is 22.5 Å². The first kappa shape index (κ1) is 19.7. The molecule has 0 saturated heterocycles. The summed E-state index contributed by atoms with van der Waals surface area (Å²) in [5, 5.41) is 8.22. The molecule has 5 aromatic rings. The lowest BCUT2D eigenvalue weighted by atomic mass is 10.2. The number of furan rings is 1. The minimum Gasteiger partial charge on any atom is -0.448 e. The summed E-state index contributed by atoms with van der Waals surface area (Å²) in [6.45, 7) is 5.56. The highest BCUT2D eigenvalue weighted by atomic mass is 16.3. The van der Waals surface area contributed by atoms with Crippen molar-refractivity contribution in [3.8, 4) is 5.69 Å². The lowest BCUT2D eigenvalue weighted by Gasteiger charge is -2.08. The van der Waals surface area contributed by atoms with E-state index in [0.717, 1.165) is 22.3 Å². The number of rotatable bonds is 4. The summed E-state index contributed by atoms with van der Waals surface area (Å²) >= 11 is 0. The molecule has 0 atom stereocenters. The molecule has 1 amide bonds. The highest BCUT2D eigenvalue weighted by Gasteiger charge is 2.18. The van der Waals surface area contributed by atoms with Crippen molar-refractivity contribution in [1.29, 1.82) is 0 Å². The maximum Gasteiger partial charge on any atom is 0.297 e. The normalized spacial score (nSPS) is 11.3. The van der Waals surface area contributed by atoms with Crippen LogP contribution < -0.4 is 10.9 Å². The van der Waals surface area contributed by atoms with Gasteiger partial charge in [-0.3, -0.25) is 14.2 Å². The lowest BCUT2D eigenvalue weighted by molar-refractivity contribution is -0.116. The molecule has 160 valence electrons. The van der Waals surface area contributed by atoms with Gasteiger partial charge in [0.1, 0.15) is 17.6 Å². The van der Waals surface area contributed by atoms with Gasteiger partial charge in [0.25, 0.3) is 5.56 Å². The maximum atomic E-state index is 12.9. The van der Waals surface area contributed by atoms with E-state index >= 15 is 0 Å². The van der Waals surface area contributed by atoms with Crippen molar-refractivity contribution in [1.82, 2.24) is 19.3 Å². The van der Waals surface area contributed by atoms with Gasteiger partial charge >= 0.3 is 0 Å². The highest BCUT2D eigenvalue weighted by Crippen LogP contribution is 2.25. The van der Waals surface area contributed by atoms with Crippen molar-refractivity contribution in [2.24, 2.45) is 0 Å². The standard InChI is InChI=1S/C24H21N5O3/c1-14-8-10-17(11-9-14)29-16(3)21(15(2)27-29)26-20(30)12-28-13-25-22-18-6-4-5-7-19(18)32-23(22)24(28)31/h4-11,13H,12H2,1-3H3,(H,26,30). The molecule has 2 aromatic carbocycles. The van der Waals surface area contributed by atoms with E-state index in [2.05, 4.69) is 15.4 Å². The number of hydrogen-bond donors (Lipinski definition) is 1. The Labute approximate surface area is 183 Å². The summed E-state index contributed by atoms with van der Waals surface area (Å²) < 4.78 is 8.72. The van der Waals surface area contributed by atoms with Crippen LogP contribution in [0.5, 0.6) is 0 Å². The van der Waals surface area contributed by atoms with Crippen LogP contribution in [-0.4, -0.2) is 25.2 Å². The van der Waals surface area contributed by atoms with Crippen LogP contribution in [0.2, 0.25) is 0 Å². The number of nitrogens with zero attached hydrogens (tertiary/aromatic N) is 4. The van der Waals surface area contributed by atoms with Crippen LogP contribution in [-0.2, 0) is 11.3 Å². The van der Waals surface area contributed by atoms with E-state index in [9.17, 15) is 9.59 Å². The Morgan fingerprint density at radius 2 is 1.81 bits per heavy atom.